The van der Waals surface area contributed by atoms with E-state index < -0.39 is 22.6 Å². The molecule has 0 aliphatic rings. The molecule has 0 fully saturated rings. The number of carbonyl (C=O) groups is 1. The van der Waals surface area contributed by atoms with Crippen molar-refractivity contribution in [2.45, 2.75) is 33.9 Å². The fourth-order valence-electron chi connectivity index (χ4n) is 0.698. The predicted octanol–water partition coefficient (Wildman–Crippen LogP) is 4.52. The summed E-state index contributed by atoms with van der Waals surface area (Å²) in [5.41, 5.74) is -1.08. The molecule has 0 amide bonds. The minimum Gasteiger partial charge on any atom is -0.477 e. The maximum atomic E-state index is 12.0. The largest absolute Gasteiger partial charge is 0.477 e. The van der Waals surface area contributed by atoms with Gasteiger partial charge in [-0.15, -0.1) is 11.3 Å². The fourth-order valence-corrected chi connectivity index (χ4v) is 1.45. The molecule has 0 atom stereocenters. The van der Waals surface area contributed by atoms with Gasteiger partial charge in [0.1, 0.15) is 4.88 Å². The lowest BCUT2D eigenvalue weighted by Crippen LogP contribution is -2.09. The Balaban J connectivity index is 0. The zero-order valence-corrected chi connectivity index (χ0v) is 10.4. The van der Waals surface area contributed by atoms with Crippen molar-refractivity contribution in [3.8, 4) is 0 Å². The standard InChI is InChI=1S/C6H3F3O2S.2C2H6/c7-6(8,9)3-1-2-12-4(3)5(10)11;2*1-2/h1-2H,(H,10,11);2*1-2H3. The molecule has 0 radical (unpaired) electrons. The first-order valence-electron chi connectivity index (χ1n) is 4.81. The highest BCUT2D eigenvalue weighted by Crippen LogP contribution is 2.34. The summed E-state index contributed by atoms with van der Waals surface area (Å²) in [5.74, 6) is -1.54. The number of rotatable bonds is 1. The molecule has 0 aromatic carbocycles. The molecule has 1 rings (SSSR count). The number of carboxylic acid groups (broad SMARTS) is 1. The minimum absolute atomic E-state index is 0.565. The second kappa shape index (κ2) is 8.15. The lowest BCUT2D eigenvalue weighted by atomic mass is 10.2. The smallest absolute Gasteiger partial charge is 0.418 e. The Morgan fingerprint density at radius 2 is 1.69 bits per heavy atom. The third-order valence-corrected chi connectivity index (χ3v) is 2.07. The lowest BCUT2D eigenvalue weighted by Gasteiger charge is -2.03. The first kappa shape index (κ1) is 17.4. The van der Waals surface area contributed by atoms with Crippen LogP contribution in [0.25, 0.3) is 0 Å². The third-order valence-electron chi connectivity index (χ3n) is 1.16. The van der Waals surface area contributed by atoms with Gasteiger partial charge in [0.25, 0.3) is 0 Å². The zero-order chi connectivity index (χ0) is 13.4. The van der Waals surface area contributed by atoms with E-state index in [1.165, 1.54) is 0 Å². The highest BCUT2D eigenvalue weighted by atomic mass is 32.1. The van der Waals surface area contributed by atoms with Crippen LogP contribution < -0.4 is 0 Å². The van der Waals surface area contributed by atoms with Gasteiger partial charge in [-0.05, 0) is 11.4 Å². The van der Waals surface area contributed by atoms with Crippen molar-refractivity contribution in [2.75, 3.05) is 0 Å². The Morgan fingerprint density at radius 1 is 1.25 bits per heavy atom. The normalized spacial score (nSPS) is 9.44. The molecule has 0 spiro atoms. The van der Waals surface area contributed by atoms with Gasteiger partial charge in [0.05, 0.1) is 5.56 Å². The molecule has 0 bridgehead atoms. The molecular formula is C10H15F3O2S. The summed E-state index contributed by atoms with van der Waals surface area (Å²) in [6.45, 7) is 8.00. The molecule has 94 valence electrons. The van der Waals surface area contributed by atoms with Gasteiger partial charge in [-0.2, -0.15) is 13.2 Å². The Morgan fingerprint density at radius 3 is 1.94 bits per heavy atom. The van der Waals surface area contributed by atoms with Crippen LogP contribution in [-0.4, -0.2) is 11.1 Å². The van der Waals surface area contributed by atoms with Gasteiger partial charge in [0.15, 0.2) is 0 Å². The molecule has 1 aromatic rings. The van der Waals surface area contributed by atoms with Crippen LogP contribution in [0, 0.1) is 0 Å². The molecule has 16 heavy (non-hydrogen) atoms. The predicted molar refractivity (Wildman–Crippen MR) is 59.0 cm³/mol. The highest BCUT2D eigenvalue weighted by Gasteiger charge is 2.36. The SMILES string of the molecule is CC.CC.O=C(O)c1sccc1C(F)(F)F. The van der Waals surface area contributed by atoms with Crippen LogP contribution in [0.2, 0.25) is 0 Å². The number of halogens is 3. The maximum absolute atomic E-state index is 12.0. The van der Waals surface area contributed by atoms with E-state index in [1.807, 2.05) is 27.7 Å². The van der Waals surface area contributed by atoms with Gasteiger partial charge in [-0.3, -0.25) is 0 Å². The van der Waals surface area contributed by atoms with Gasteiger partial charge in [0.2, 0.25) is 0 Å². The lowest BCUT2D eigenvalue weighted by molar-refractivity contribution is -0.137. The van der Waals surface area contributed by atoms with Crippen LogP contribution in [0.3, 0.4) is 0 Å². The van der Waals surface area contributed by atoms with Crippen molar-refractivity contribution < 1.29 is 23.1 Å². The molecular weight excluding hydrogens is 241 g/mol. The quantitative estimate of drug-likeness (QED) is 0.802. The van der Waals surface area contributed by atoms with Gasteiger partial charge >= 0.3 is 12.1 Å². The van der Waals surface area contributed by atoms with Crippen molar-refractivity contribution >= 4 is 17.3 Å². The summed E-state index contributed by atoms with van der Waals surface area (Å²) >= 11 is 0.565. The Hall–Kier alpha value is -1.04. The summed E-state index contributed by atoms with van der Waals surface area (Å²) in [7, 11) is 0. The summed E-state index contributed by atoms with van der Waals surface area (Å²) in [5, 5.41) is 9.43. The average Bonchev–Trinajstić information content (AvgIpc) is 2.72. The van der Waals surface area contributed by atoms with Crippen LogP contribution in [0.4, 0.5) is 13.2 Å². The van der Waals surface area contributed by atoms with Gasteiger partial charge < -0.3 is 5.11 Å². The van der Waals surface area contributed by atoms with Crippen molar-refractivity contribution in [3.05, 3.63) is 21.9 Å². The van der Waals surface area contributed by atoms with Crippen molar-refractivity contribution in [1.82, 2.24) is 0 Å². The topological polar surface area (TPSA) is 37.3 Å². The summed E-state index contributed by atoms with van der Waals surface area (Å²) in [6, 6.07) is 0.758. The van der Waals surface area contributed by atoms with Crippen LogP contribution in [0.1, 0.15) is 42.9 Å². The van der Waals surface area contributed by atoms with Gasteiger partial charge in [0, 0.05) is 0 Å². The second-order valence-corrected chi connectivity index (χ2v) is 2.88. The number of aromatic carboxylic acids is 1. The summed E-state index contributed by atoms with van der Waals surface area (Å²) < 4.78 is 36.0. The van der Waals surface area contributed by atoms with Crippen LogP contribution in [0.5, 0.6) is 0 Å². The van der Waals surface area contributed by atoms with E-state index in [-0.39, 0.29) is 0 Å². The number of alkyl halides is 3. The molecule has 0 aliphatic carbocycles. The van der Waals surface area contributed by atoms with Crippen LogP contribution in [0.15, 0.2) is 11.4 Å². The van der Waals surface area contributed by atoms with Crippen LogP contribution in [-0.2, 0) is 6.18 Å². The average molecular weight is 256 g/mol. The van der Waals surface area contributed by atoms with Crippen molar-refractivity contribution in [3.63, 3.8) is 0 Å². The molecule has 6 heteroatoms. The highest BCUT2D eigenvalue weighted by molar-refractivity contribution is 7.12. The monoisotopic (exact) mass is 256 g/mol. The van der Waals surface area contributed by atoms with Crippen molar-refractivity contribution in [1.29, 1.82) is 0 Å². The second-order valence-electron chi connectivity index (χ2n) is 1.97. The van der Waals surface area contributed by atoms with Gasteiger partial charge in [-0.1, -0.05) is 27.7 Å². The van der Waals surface area contributed by atoms with E-state index in [1.54, 1.807) is 0 Å². The minimum atomic E-state index is -4.58. The molecule has 1 heterocycles. The van der Waals surface area contributed by atoms with Gasteiger partial charge in [-0.25, -0.2) is 4.79 Å². The summed E-state index contributed by atoms with van der Waals surface area (Å²) in [6.07, 6.45) is -4.58. The molecule has 0 aliphatic heterocycles. The van der Waals surface area contributed by atoms with E-state index in [4.69, 9.17) is 5.11 Å². The molecule has 0 saturated carbocycles. The molecule has 0 unspecified atom stereocenters. The van der Waals surface area contributed by atoms with E-state index >= 15 is 0 Å². The Labute approximate surface area is 96.7 Å². The summed E-state index contributed by atoms with van der Waals surface area (Å²) in [4.78, 5) is 9.58. The van der Waals surface area contributed by atoms with E-state index in [9.17, 15) is 18.0 Å². The van der Waals surface area contributed by atoms with E-state index in [0.717, 1.165) is 11.4 Å². The molecule has 1 N–H and O–H groups in total. The zero-order valence-electron chi connectivity index (χ0n) is 9.55. The van der Waals surface area contributed by atoms with Crippen molar-refractivity contribution in [2.24, 2.45) is 0 Å². The number of carboxylic acids is 1. The first-order chi connectivity index (χ1) is 7.43. The third kappa shape index (κ3) is 5.16. The fraction of sp³-hybridized carbons (Fsp3) is 0.500. The number of hydrogen-bond donors (Lipinski definition) is 1. The maximum Gasteiger partial charge on any atom is 0.418 e. The number of hydrogen-bond acceptors (Lipinski definition) is 2. The molecule has 1 aromatic heterocycles. The Bertz CT molecular complexity index is 305. The Kier molecular flexibility index (Phi) is 8.84. The van der Waals surface area contributed by atoms with E-state index in [2.05, 4.69) is 0 Å². The first-order valence-corrected chi connectivity index (χ1v) is 5.69. The number of thiophene rings is 1. The van der Waals surface area contributed by atoms with E-state index in [0.29, 0.717) is 11.3 Å². The van der Waals surface area contributed by atoms with Crippen LogP contribution >= 0.6 is 11.3 Å². The molecule has 0 saturated heterocycles. The molecule has 2 nitrogen and oxygen atoms in total.